The van der Waals surface area contributed by atoms with Crippen molar-refractivity contribution in [2.75, 3.05) is 0 Å². The van der Waals surface area contributed by atoms with Gasteiger partial charge in [-0.25, -0.2) is 0 Å². The van der Waals surface area contributed by atoms with Crippen LogP contribution in [0.3, 0.4) is 0 Å². The highest BCUT2D eigenvalue weighted by molar-refractivity contribution is 7.91. The average Bonchev–Trinajstić information content (AvgIpc) is 2.92. The quantitative estimate of drug-likeness (QED) is 0.471. The number of fused-ring (bicyclic) bond motifs is 1. The summed E-state index contributed by atoms with van der Waals surface area (Å²) in [7, 11) is -1.80. The smallest absolute Gasteiger partial charge is 0.250 e. The molecule has 4 atom stereocenters. The molecule has 0 aromatic rings. The Bertz CT molecular complexity index is 612. The van der Waals surface area contributed by atoms with Crippen LogP contribution >= 0.6 is 0 Å². The van der Waals surface area contributed by atoms with Gasteiger partial charge in [0.15, 0.2) is 0 Å². The van der Waals surface area contributed by atoms with Gasteiger partial charge in [0.1, 0.15) is 16.1 Å². The van der Waals surface area contributed by atoms with E-state index in [1.54, 1.807) is 0 Å². The van der Waals surface area contributed by atoms with Gasteiger partial charge in [0.25, 0.3) is 0 Å². The molecule has 0 N–H and O–H groups in total. The lowest BCUT2D eigenvalue weighted by atomic mass is 9.88. The highest BCUT2D eigenvalue weighted by atomic mass is 32.2. The number of nitrogens with zero attached hydrogens (tertiary/aromatic N) is 1. The van der Waals surface area contributed by atoms with Crippen molar-refractivity contribution in [3.63, 3.8) is 0 Å². The third-order valence-electron chi connectivity index (χ3n) is 6.65. The molecule has 0 heterocycles. The molecular weight excluding hydrogens is 346 g/mol. The second-order valence-corrected chi connectivity index (χ2v) is 17.3. The monoisotopic (exact) mass is 381 g/mol. The van der Waals surface area contributed by atoms with Gasteiger partial charge in [-0.2, -0.15) is 0 Å². The van der Waals surface area contributed by atoms with Gasteiger partial charge in [0.2, 0.25) is 8.32 Å². The summed E-state index contributed by atoms with van der Waals surface area (Å²) in [6.45, 7) is 17.6. The van der Waals surface area contributed by atoms with E-state index in [1.807, 2.05) is 20.8 Å². The highest BCUT2D eigenvalue weighted by Gasteiger charge is 2.51. The van der Waals surface area contributed by atoms with Crippen molar-refractivity contribution in [2.24, 2.45) is 22.2 Å². The van der Waals surface area contributed by atoms with E-state index in [1.165, 1.54) is 29.9 Å². The van der Waals surface area contributed by atoms with Gasteiger partial charge in [-0.1, -0.05) is 25.2 Å². The lowest BCUT2D eigenvalue weighted by Gasteiger charge is -2.39. The van der Waals surface area contributed by atoms with E-state index in [2.05, 4.69) is 33.9 Å². The third kappa shape index (κ3) is 3.61. The zero-order valence-electron chi connectivity index (χ0n) is 17.2. The van der Waals surface area contributed by atoms with Gasteiger partial charge in [-0.15, -0.1) is 0 Å². The summed E-state index contributed by atoms with van der Waals surface area (Å²) >= 11 is -1.15. The van der Waals surface area contributed by atoms with Crippen molar-refractivity contribution in [1.29, 1.82) is 0 Å². The van der Waals surface area contributed by atoms with Gasteiger partial charge in [-0.3, -0.25) is 0 Å². The SMILES string of the molecule is CC(C)(C)[S+]([O-])/N=C1/CC2=C(O[Si](C)(C)C(C)(C)C)CC3CC2C1C3. The number of rotatable bonds is 3. The summed E-state index contributed by atoms with van der Waals surface area (Å²) in [4.78, 5) is 0. The van der Waals surface area contributed by atoms with Crippen LogP contribution < -0.4 is 0 Å². The van der Waals surface area contributed by atoms with Crippen molar-refractivity contribution >= 4 is 25.4 Å². The first-order chi connectivity index (χ1) is 11.3. The fraction of sp³-hybridized carbons (Fsp3) is 0.850. The molecule has 0 saturated heterocycles. The molecule has 0 radical (unpaired) electrons. The number of hydrogen-bond acceptors (Lipinski definition) is 3. The molecule has 25 heavy (non-hydrogen) atoms. The molecule has 0 aliphatic heterocycles. The number of allylic oxidation sites excluding steroid dienone is 2. The topological polar surface area (TPSA) is 44.7 Å². The fourth-order valence-electron chi connectivity index (χ4n) is 4.13. The van der Waals surface area contributed by atoms with Crippen molar-refractivity contribution < 1.29 is 8.98 Å². The minimum absolute atomic E-state index is 0.222. The summed E-state index contributed by atoms with van der Waals surface area (Å²) in [5, 5.41) is 0.222. The molecule has 142 valence electrons. The molecule has 2 fully saturated rings. The van der Waals surface area contributed by atoms with Crippen LogP contribution in [0, 0.1) is 17.8 Å². The molecule has 0 aromatic carbocycles. The second kappa shape index (κ2) is 6.13. The summed E-state index contributed by atoms with van der Waals surface area (Å²) in [5.74, 6) is 3.13. The Morgan fingerprint density at radius 2 is 1.68 bits per heavy atom. The summed E-state index contributed by atoms with van der Waals surface area (Å²) < 4.78 is 23.7. The van der Waals surface area contributed by atoms with E-state index in [0.717, 1.165) is 18.8 Å². The first kappa shape index (κ1) is 19.5. The molecule has 3 nitrogen and oxygen atoms in total. The summed E-state index contributed by atoms with van der Waals surface area (Å²) in [6.07, 6.45) is 4.50. The largest absolute Gasteiger partial charge is 0.591 e. The van der Waals surface area contributed by atoms with E-state index in [4.69, 9.17) is 8.82 Å². The maximum Gasteiger partial charge on any atom is 0.250 e. The average molecular weight is 382 g/mol. The predicted octanol–water partition coefficient (Wildman–Crippen LogP) is 5.62. The lowest BCUT2D eigenvalue weighted by molar-refractivity contribution is 0.310. The summed E-state index contributed by atoms with van der Waals surface area (Å²) in [6, 6.07) is 0. The van der Waals surface area contributed by atoms with E-state index in [-0.39, 0.29) is 9.79 Å². The Balaban J connectivity index is 1.89. The zero-order chi connectivity index (χ0) is 18.8. The van der Waals surface area contributed by atoms with Gasteiger partial charge >= 0.3 is 0 Å². The molecule has 0 amide bonds. The highest BCUT2D eigenvalue weighted by Crippen LogP contribution is 2.56. The van der Waals surface area contributed by atoms with Gasteiger partial charge < -0.3 is 8.98 Å². The minimum atomic E-state index is -1.80. The Hall–Kier alpha value is -0.263. The Morgan fingerprint density at radius 3 is 2.24 bits per heavy atom. The van der Waals surface area contributed by atoms with Crippen molar-refractivity contribution in [1.82, 2.24) is 0 Å². The van der Waals surface area contributed by atoms with E-state index in [0.29, 0.717) is 11.8 Å². The van der Waals surface area contributed by atoms with Gasteiger partial charge in [-0.05, 0) is 69.2 Å². The molecule has 5 heteroatoms. The van der Waals surface area contributed by atoms with Crippen molar-refractivity contribution in [3.05, 3.63) is 11.3 Å². The molecule has 2 bridgehead atoms. The Morgan fingerprint density at radius 1 is 1.08 bits per heavy atom. The molecule has 2 saturated carbocycles. The van der Waals surface area contributed by atoms with E-state index >= 15 is 0 Å². The molecule has 3 aliphatic carbocycles. The fourth-order valence-corrected chi connectivity index (χ4v) is 5.95. The first-order valence-corrected chi connectivity index (χ1v) is 13.7. The van der Waals surface area contributed by atoms with E-state index in [9.17, 15) is 4.55 Å². The standard InChI is InChI=1S/C20H35NO2SSi/c1-19(2,3)24(22)21-17-12-16-14-9-13(10-15(14)17)11-18(16)23-25(7,8)20(4,5)6/h13-15H,9-12H2,1-8H3/b21-17-. The molecule has 0 aromatic heterocycles. The molecule has 3 rings (SSSR count). The van der Waals surface area contributed by atoms with Crippen molar-refractivity contribution in [2.45, 2.75) is 90.1 Å². The van der Waals surface area contributed by atoms with Gasteiger partial charge in [0, 0.05) is 18.8 Å². The normalized spacial score (nSPS) is 32.5. The Kier molecular flexibility index (Phi) is 4.78. The van der Waals surface area contributed by atoms with E-state index < -0.39 is 19.7 Å². The molecule has 0 spiro atoms. The number of hydrogen-bond donors (Lipinski definition) is 0. The van der Waals surface area contributed by atoms with Crippen LogP contribution in [0.5, 0.6) is 0 Å². The van der Waals surface area contributed by atoms with Crippen LogP contribution in [0.2, 0.25) is 18.1 Å². The Labute approximate surface area is 158 Å². The molecule has 4 unspecified atom stereocenters. The maximum atomic E-state index is 12.5. The molecular formula is C20H35NO2SSi. The van der Waals surface area contributed by atoms with Crippen LogP contribution in [0.25, 0.3) is 0 Å². The van der Waals surface area contributed by atoms with Crippen LogP contribution in [-0.4, -0.2) is 23.3 Å². The maximum absolute atomic E-state index is 12.5. The van der Waals surface area contributed by atoms with Crippen molar-refractivity contribution in [3.8, 4) is 0 Å². The third-order valence-corrected chi connectivity index (χ3v) is 12.5. The van der Waals surface area contributed by atoms with Crippen LogP contribution in [-0.2, 0) is 15.8 Å². The minimum Gasteiger partial charge on any atom is -0.591 e. The molecule has 3 aliphatic rings. The first-order valence-electron chi connectivity index (χ1n) is 9.70. The van der Waals surface area contributed by atoms with Crippen LogP contribution in [0.15, 0.2) is 15.7 Å². The summed E-state index contributed by atoms with van der Waals surface area (Å²) in [5.41, 5.74) is 2.68. The van der Waals surface area contributed by atoms with Crippen LogP contribution in [0.4, 0.5) is 0 Å². The second-order valence-electron chi connectivity index (χ2n) is 10.7. The van der Waals surface area contributed by atoms with Gasteiger partial charge in [0.05, 0.1) is 11.5 Å². The van der Waals surface area contributed by atoms with Crippen LogP contribution in [0.1, 0.15) is 67.2 Å². The lowest BCUT2D eigenvalue weighted by Crippen LogP contribution is -2.41. The predicted molar refractivity (Wildman–Crippen MR) is 110 cm³/mol. The zero-order valence-corrected chi connectivity index (χ0v) is 19.0.